The van der Waals surface area contributed by atoms with Crippen LogP contribution in [0.25, 0.3) is 11.0 Å². The van der Waals surface area contributed by atoms with Crippen LogP contribution in [0.1, 0.15) is 63.9 Å². The first kappa shape index (κ1) is 25.1. The van der Waals surface area contributed by atoms with Crippen molar-refractivity contribution in [2.24, 2.45) is 0 Å². The Morgan fingerprint density at radius 2 is 0.842 bits per heavy atom. The van der Waals surface area contributed by atoms with Crippen LogP contribution >= 0.6 is 0 Å². The average Bonchev–Trinajstić information content (AvgIpc) is 2.89. The van der Waals surface area contributed by atoms with Crippen molar-refractivity contribution in [2.75, 3.05) is 0 Å². The Kier molecular flexibility index (Phi) is 6.82. The summed E-state index contributed by atoms with van der Waals surface area (Å²) >= 11 is 0. The first-order chi connectivity index (χ1) is 18.1. The number of carboxylic acids is 4. The van der Waals surface area contributed by atoms with Crippen molar-refractivity contribution in [3.63, 3.8) is 0 Å². The van der Waals surface area contributed by atoms with Gasteiger partial charge in [-0.3, -0.25) is 0 Å². The molecule has 4 rings (SSSR count). The number of aromatic carboxylic acids is 4. The van der Waals surface area contributed by atoms with Gasteiger partial charge in [0.1, 0.15) is 11.4 Å². The highest BCUT2D eigenvalue weighted by molar-refractivity contribution is 5.95. The Morgan fingerprint density at radius 3 is 1.16 bits per heavy atom. The molecule has 0 aliphatic carbocycles. The van der Waals surface area contributed by atoms with Gasteiger partial charge in [-0.05, 0) is 72.5 Å². The molecular weight excluding hydrogens is 492 g/mol. The number of nitrogens with zero attached hydrogens (tertiary/aromatic N) is 2. The number of fused-ring (bicyclic) bond motifs is 1. The van der Waals surface area contributed by atoms with Gasteiger partial charge in [-0.2, -0.15) is 0 Å². The highest BCUT2D eigenvalue weighted by Gasteiger charge is 2.12. The predicted molar refractivity (Wildman–Crippen MR) is 132 cm³/mol. The van der Waals surface area contributed by atoms with Crippen LogP contribution in [-0.2, 0) is 0 Å². The second-order valence-electron chi connectivity index (χ2n) is 7.76. The minimum atomic E-state index is -1.29. The molecule has 10 heteroatoms. The van der Waals surface area contributed by atoms with E-state index < -0.39 is 23.9 Å². The van der Waals surface area contributed by atoms with E-state index in [0.29, 0.717) is 11.0 Å². The van der Waals surface area contributed by atoms with Crippen molar-refractivity contribution in [2.45, 2.75) is 0 Å². The topological polar surface area (TPSA) is 175 Å². The Bertz CT molecular complexity index is 1610. The third-order valence-corrected chi connectivity index (χ3v) is 5.08. The monoisotopic (exact) mass is 506 g/mol. The highest BCUT2D eigenvalue weighted by atomic mass is 16.4. The highest BCUT2D eigenvalue weighted by Crippen LogP contribution is 2.14. The molecule has 2 heterocycles. The molecule has 0 radical (unpaired) electrons. The molecule has 4 aromatic rings. The largest absolute Gasteiger partial charge is 0.478 e. The smallest absolute Gasteiger partial charge is 0.335 e. The number of carboxylic acid groups (broad SMARTS) is 4. The zero-order valence-corrected chi connectivity index (χ0v) is 19.1. The lowest BCUT2D eigenvalue weighted by Gasteiger charge is -2.01. The quantitative estimate of drug-likeness (QED) is 0.301. The molecule has 38 heavy (non-hydrogen) atoms. The molecule has 184 valence electrons. The number of carbonyl (C=O) groups is 4. The van der Waals surface area contributed by atoms with Gasteiger partial charge >= 0.3 is 23.9 Å². The lowest BCUT2D eigenvalue weighted by atomic mass is 10.1. The molecule has 0 amide bonds. The van der Waals surface area contributed by atoms with E-state index in [0.717, 1.165) is 12.1 Å². The summed E-state index contributed by atoms with van der Waals surface area (Å²) in [5.74, 6) is 5.81. The van der Waals surface area contributed by atoms with Crippen LogP contribution in [0.5, 0.6) is 0 Å². The van der Waals surface area contributed by atoms with E-state index in [1.54, 1.807) is 24.3 Å². The van der Waals surface area contributed by atoms with E-state index in [1.807, 2.05) is 0 Å². The Hall–Kier alpha value is -6.00. The molecule has 0 saturated carbocycles. The van der Waals surface area contributed by atoms with E-state index in [4.69, 9.17) is 0 Å². The number of hydrogen-bond donors (Lipinski definition) is 4. The van der Waals surface area contributed by atoms with Crippen molar-refractivity contribution in [3.05, 3.63) is 105 Å². The number of benzene rings is 2. The second-order valence-corrected chi connectivity index (χ2v) is 7.76. The molecule has 10 nitrogen and oxygen atoms in total. The fourth-order valence-electron chi connectivity index (χ4n) is 3.30. The summed E-state index contributed by atoms with van der Waals surface area (Å²) in [6.07, 6.45) is 0. The second kappa shape index (κ2) is 10.3. The molecule has 0 atom stereocenters. The van der Waals surface area contributed by atoms with Gasteiger partial charge in [0.2, 0.25) is 0 Å². The van der Waals surface area contributed by atoms with Crippen LogP contribution < -0.4 is 0 Å². The average molecular weight is 506 g/mol. The minimum absolute atomic E-state index is 0.182. The third kappa shape index (κ3) is 5.79. The summed E-state index contributed by atoms with van der Waals surface area (Å²) in [5, 5.41) is 37.5. The standard InChI is InChI=1S/C28H14N2O8/c31-25(32)18-9-15(10-19(13-18)26(33)34)1-5-22-7-3-17-4-8-23(30-24(17)29-22)6-2-16-11-20(27(35)36)14-21(12-16)28(37)38/h3-4,7-14H,(H,31,32)(H,33,34)(H,35,36)(H,37,38). The Labute approximate surface area is 213 Å². The summed E-state index contributed by atoms with van der Waals surface area (Å²) in [6.45, 7) is 0. The van der Waals surface area contributed by atoms with Crippen LogP contribution in [0, 0.1) is 23.7 Å². The molecule has 0 bridgehead atoms. The zero-order chi connectivity index (χ0) is 27.4. The van der Waals surface area contributed by atoms with Gasteiger partial charge in [-0.1, -0.05) is 11.8 Å². The van der Waals surface area contributed by atoms with Gasteiger partial charge in [0.15, 0.2) is 5.65 Å². The fraction of sp³-hybridized carbons (Fsp3) is 0. The van der Waals surface area contributed by atoms with E-state index in [2.05, 4.69) is 33.6 Å². The van der Waals surface area contributed by atoms with E-state index in [9.17, 15) is 39.6 Å². The maximum Gasteiger partial charge on any atom is 0.335 e. The van der Waals surface area contributed by atoms with Crippen LogP contribution in [0.3, 0.4) is 0 Å². The van der Waals surface area contributed by atoms with Gasteiger partial charge in [0.25, 0.3) is 0 Å². The molecule has 0 spiro atoms. The van der Waals surface area contributed by atoms with Crippen molar-refractivity contribution < 1.29 is 39.6 Å². The van der Waals surface area contributed by atoms with E-state index >= 15 is 0 Å². The van der Waals surface area contributed by atoms with Gasteiger partial charge in [-0.25, -0.2) is 29.1 Å². The third-order valence-electron chi connectivity index (χ3n) is 5.08. The summed E-state index contributed by atoms with van der Waals surface area (Å²) in [4.78, 5) is 53.9. The fourth-order valence-corrected chi connectivity index (χ4v) is 3.30. The minimum Gasteiger partial charge on any atom is -0.478 e. The molecule has 2 aromatic carbocycles. The number of rotatable bonds is 4. The van der Waals surface area contributed by atoms with Crippen molar-refractivity contribution in [3.8, 4) is 23.7 Å². The normalized spacial score (nSPS) is 10.0. The molecular formula is C28H14N2O8. The Balaban J connectivity index is 1.68. The number of hydrogen-bond acceptors (Lipinski definition) is 6. The maximum absolute atomic E-state index is 11.3. The van der Waals surface area contributed by atoms with Crippen molar-refractivity contribution in [1.29, 1.82) is 0 Å². The van der Waals surface area contributed by atoms with E-state index in [-0.39, 0.29) is 44.8 Å². The summed E-state index contributed by atoms with van der Waals surface area (Å²) in [6, 6.07) is 13.7. The molecule has 0 aliphatic rings. The summed E-state index contributed by atoms with van der Waals surface area (Å²) < 4.78 is 0. The molecule has 0 saturated heterocycles. The molecule has 2 aromatic heterocycles. The number of aromatic nitrogens is 2. The van der Waals surface area contributed by atoms with Crippen molar-refractivity contribution >= 4 is 34.9 Å². The maximum atomic E-state index is 11.3. The zero-order valence-electron chi connectivity index (χ0n) is 19.1. The summed E-state index contributed by atoms with van der Waals surface area (Å²) in [7, 11) is 0. The van der Waals surface area contributed by atoms with Gasteiger partial charge in [-0.15, -0.1) is 0 Å². The van der Waals surface area contributed by atoms with Crippen LogP contribution in [-0.4, -0.2) is 54.3 Å². The molecule has 0 unspecified atom stereocenters. The van der Waals surface area contributed by atoms with Crippen molar-refractivity contribution in [1.82, 2.24) is 9.97 Å². The Morgan fingerprint density at radius 1 is 0.500 bits per heavy atom. The first-order valence-electron chi connectivity index (χ1n) is 10.6. The van der Waals surface area contributed by atoms with Crippen LogP contribution in [0.15, 0.2) is 60.7 Å². The van der Waals surface area contributed by atoms with Crippen LogP contribution in [0.4, 0.5) is 0 Å². The molecule has 0 aliphatic heterocycles. The lowest BCUT2D eigenvalue weighted by Crippen LogP contribution is -2.03. The first-order valence-corrected chi connectivity index (χ1v) is 10.6. The predicted octanol–water partition coefficient (Wildman–Crippen LogP) is 3.22. The van der Waals surface area contributed by atoms with Gasteiger partial charge in [0, 0.05) is 16.5 Å². The number of pyridine rings is 2. The van der Waals surface area contributed by atoms with E-state index in [1.165, 1.54) is 24.3 Å². The molecule has 0 fully saturated rings. The van der Waals surface area contributed by atoms with Gasteiger partial charge in [0.05, 0.1) is 22.3 Å². The molecule has 4 N–H and O–H groups in total. The SMILES string of the molecule is O=C(O)c1cc(C#Cc2ccc3ccc(C#Cc4cc(C(=O)O)cc(C(=O)O)c4)nc3n2)cc(C(=O)O)c1. The van der Waals surface area contributed by atoms with Gasteiger partial charge < -0.3 is 20.4 Å². The lowest BCUT2D eigenvalue weighted by molar-refractivity contribution is 0.0676. The van der Waals surface area contributed by atoms with Crippen LogP contribution in [0.2, 0.25) is 0 Å². The summed E-state index contributed by atoms with van der Waals surface area (Å²) in [5.41, 5.74) is 0.373.